The summed E-state index contributed by atoms with van der Waals surface area (Å²) in [7, 11) is 1.62. The molecule has 0 saturated carbocycles. The van der Waals surface area contributed by atoms with Crippen molar-refractivity contribution in [1.82, 2.24) is 5.32 Å². The zero-order chi connectivity index (χ0) is 15.1. The molecule has 2 aromatic carbocycles. The van der Waals surface area contributed by atoms with Gasteiger partial charge >= 0.3 is 0 Å². The Bertz CT molecular complexity index is 582. The number of halogens is 1. The highest BCUT2D eigenvalue weighted by Gasteiger charge is 2.01. The minimum absolute atomic E-state index is 0.0687. The molecule has 21 heavy (non-hydrogen) atoms. The van der Waals surface area contributed by atoms with Gasteiger partial charge in [-0.25, -0.2) is 0 Å². The van der Waals surface area contributed by atoms with Gasteiger partial charge in [-0.05, 0) is 42.0 Å². The maximum Gasteiger partial charge on any atom is 0.239 e. The third kappa shape index (κ3) is 5.00. The van der Waals surface area contributed by atoms with Gasteiger partial charge in [0, 0.05) is 17.3 Å². The molecule has 0 aliphatic heterocycles. The molecule has 2 aromatic rings. The third-order valence-electron chi connectivity index (χ3n) is 2.95. The van der Waals surface area contributed by atoms with E-state index in [-0.39, 0.29) is 12.5 Å². The van der Waals surface area contributed by atoms with E-state index >= 15 is 0 Å². The number of anilines is 1. The van der Waals surface area contributed by atoms with Crippen LogP contribution in [-0.4, -0.2) is 19.6 Å². The molecule has 0 radical (unpaired) electrons. The number of rotatable bonds is 6. The zero-order valence-electron chi connectivity index (χ0n) is 11.7. The lowest BCUT2D eigenvalue weighted by Crippen LogP contribution is -2.29. The van der Waals surface area contributed by atoms with Crippen molar-refractivity contribution in [3.63, 3.8) is 0 Å². The Labute approximate surface area is 129 Å². The molecule has 1 amide bonds. The SMILES string of the molecule is COc1ccc(NCC(=O)NCc2ccc(Cl)cc2)cc1. The number of carbonyl (C=O) groups is 1. The van der Waals surface area contributed by atoms with Crippen molar-refractivity contribution in [2.75, 3.05) is 19.0 Å². The molecule has 0 spiro atoms. The van der Waals surface area contributed by atoms with Crippen molar-refractivity contribution in [1.29, 1.82) is 0 Å². The molecule has 2 rings (SSSR count). The number of benzene rings is 2. The van der Waals surface area contributed by atoms with Gasteiger partial charge in [-0.1, -0.05) is 23.7 Å². The van der Waals surface area contributed by atoms with E-state index < -0.39 is 0 Å². The predicted molar refractivity (Wildman–Crippen MR) is 84.8 cm³/mol. The first-order valence-electron chi connectivity index (χ1n) is 6.56. The molecule has 0 fully saturated rings. The highest BCUT2D eigenvalue weighted by Crippen LogP contribution is 2.14. The van der Waals surface area contributed by atoms with Gasteiger partial charge in [0.25, 0.3) is 0 Å². The Morgan fingerprint density at radius 3 is 2.38 bits per heavy atom. The van der Waals surface area contributed by atoms with Gasteiger partial charge in [0.15, 0.2) is 0 Å². The van der Waals surface area contributed by atoms with E-state index in [1.54, 1.807) is 19.2 Å². The summed E-state index contributed by atoms with van der Waals surface area (Å²) in [6.45, 7) is 0.709. The van der Waals surface area contributed by atoms with Crippen molar-refractivity contribution >= 4 is 23.2 Å². The normalized spacial score (nSPS) is 10.0. The summed E-state index contributed by atoms with van der Waals surface area (Å²) < 4.78 is 5.07. The van der Waals surface area contributed by atoms with Gasteiger partial charge in [-0.2, -0.15) is 0 Å². The van der Waals surface area contributed by atoms with Crippen LogP contribution in [0, 0.1) is 0 Å². The molecular formula is C16H17ClN2O2. The number of methoxy groups -OCH3 is 1. The molecule has 0 atom stereocenters. The number of hydrogen-bond donors (Lipinski definition) is 2. The minimum Gasteiger partial charge on any atom is -0.497 e. The Morgan fingerprint density at radius 2 is 1.76 bits per heavy atom. The van der Waals surface area contributed by atoms with Gasteiger partial charge in [0.1, 0.15) is 5.75 Å². The van der Waals surface area contributed by atoms with Crippen molar-refractivity contribution < 1.29 is 9.53 Å². The third-order valence-corrected chi connectivity index (χ3v) is 3.20. The number of ether oxygens (including phenoxy) is 1. The van der Waals surface area contributed by atoms with Crippen LogP contribution in [0.3, 0.4) is 0 Å². The van der Waals surface area contributed by atoms with Gasteiger partial charge in [-0.3, -0.25) is 4.79 Å². The van der Waals surface area contributed by atoms with E-state index in [0.717, 1.165) is 17.0 Å². The predicted octanol–water partition coefficient (Wildman–Crippen LogP) is 3.08. The van der Waals surface area contributed by atoms with Gasteiger partial charge in [0.2, 0.25) is 5.91 Å². The molecular weight excluding hydrogens is 288 g/mol. The minimum atomic E-state index is -0.0687. The van der Waals surface area contributed by atoms with Gasteiger partial charge in [0.05, 0.1) is 13.7 Å². The lowest BCUT2D eigenvalue weighted by Gasteiger charge is -2.08. The topological polar surface area (TPSA) is 50.4 Å². The standard InChI is InChI=1S/C16H17ClN2O2/c1-21-15-8-6-14(7-9-15)18-11-16(20)19-10-12-2-4-13(17)5-3-12/h2-9,18H,10-11H2,1H3,(H,19,20). The molecule has 4 nitrogen and oxygen atoms in total. The van der Waals surface area contributed by atoms with Crippen LogP contribution in [-0.2, 0) is 11.3 Å². The van der Waals surface area contributed by atoms with Crippen LogP contribution in [0.15, 0.2) is 48.5 Å². The quantitative estimate of drug-likeness (QED) is 0.862. The van der Waals surface area contributed by atoms with Crippen LogP contribution >= 0.6 is 11.6 Å². The zero-order valence-corrected chi connectivity index (χ0v) is 12.5. The van der Waals surface area contributed by atoms with Crippen LogP contribution < -0.4 is 15.4 Å². The second-order valence-electron chi connectivity index (χ2n) is 4.49. The number of nitrogens with one attached hydrogen (secondary N) is 2. The monoisotopic (exact) mass is 304 g/mol. The maximum atomic E-state index is 11.8. The van der Waals surface area contributed by atoms with Crippen molar-refractivity contribution in [3.05, 3.63) is 59.1 Å². The largest absolute Gasteiger partial charge is 0.497 e. The first-order valence-corrected chi connectivity index (χ1v) is 6.94. The Kier molecular flexibility index (Phi) is 5.46. The molecule has 2 N–H and O–H groups in total. The average molecular weight is 305 g/mol. The summed E-state index contributed by atoms with van der Waals surface area (Å²) in [5, 5.41) is 6.58. The summed E-state index contributed by atoms with van der Waals surface area (Å²) in [6, 6.07) is 14.8. The fourth-order valence-corrected chi connectivity index (χ4v) is 1.88. The summed E-state index contributed by atoms with van der Waals surface area (Å²) >= 11 is 5.81. The van der Waals surface area contributed by atoms with Crippen molar-refractivity contribution in [3.8, 4) is 5.75 Å². The molecule has 0 aliphatic rings. The van der Waals surface area contributed by atoms with Crippen molar-refractivity contribution in [2.45, 2.75) is 6.54 Å². The molecule has 0 bridgehead atoms. The second kappa shape index (κ2) is 7.55. The molecule has 110 valence electrons. The van der Waals surface area contributed by atoms with Crippen LogP contribution in [0.2, 0.25) is 5.02 Å². The van der Waals surface area contributed by atoms with E-state index in [9.17, 15) is 4.79 Å². The molecule has 0 aliphatic carbocycles. The average Bonchev–Trinajstić information content (AvgIpc) is 2.53. The number of carbonyl (C=O) groups excluding carboxylic acids is 1. The summed E-state index contributed by atoms with van der Waals surface area (Å²) in [5.41, 5.74) is 1.88. The van der Waals surface area contributed by atoms with E-state index in [2.05, 4.69) is 10.6 Å². The highest BCUT2D eigenvalue weighted by molar-refractivity contribution is 6.30. The van der Waals surface area contributed by atoms with E-state index in [0.29, 0.717) is 11.6 Å². The van der Waals surface area contributed by atoms with Gasteiger partial charge < -0.3 is 15.4 Å². The molecule has 5 heteroatoms. The summed E-state index contributed by atoms with van der Waals surface area (Å²) in [5.74, 6) is 0.716. The Balaban J connectivity index is 1.75. The fourth-order valence-electron chi connectivity index (χ4n) is 1.76. The molecule has 0 unspecified atom stereocenters. The van der Waals surface area contributed by atoms with E-state index in [1.165, 1.54) is 0 Å². The number of amides is 1. The second-order valence-corrected chi connectivity index (χ2v) is 4.92. The molecule has 0 aromatic heterocycles. The lowest BCUT2D eigenvalue weighted by atomic mass is 10.2. The maximum absolute atomic E-state index is 11.8. The summed E-state index contributed by atoms with van der Waals surface area (Å²) in [4.78, 5) is 11.8. The molecule has 0 saturated heterocycles. The first kappa shape index (κ1) is 15.2. The lowest BCUT2D eigenvalue weighted by molar-refractivity contribution is -0.119. The van der Waals surface area contributed by atoms with Crippen molar-refractivity contribution in [2.24, 2.45) is 0 Å². The van der Waals surface area contributed by atoms with E-state index in [1.807, 2.05) is 36.4 Å². The van der Waals surface area contributed by atoms with Crippen LogP contribution in [0.5, 0.6) is 5.75 Å². The fraction of sp³-hybridized carbons (Fsp3) is 0.188. The smallest absolute Gasteiger partial charge is 0.239 e. The van der Waals surface area contributed by atoms with Gasteiger partial charge in [-0.15, -0.1) is 0 Å². The Morgan fingerprint density at radius 1 is 1.10 bits per heavy atom. The van der Waals surface area contributed by atoms with E-state index in [4.69, 9.17) is 16.3 Å². The first-order chi connectivity index (χ1) is 10.2. The number of hydrogen-bond acceptors (Lipinski definition) is 3. The highest BCUT2D eigenvalue weighted by atomic mass is 35.5. The Hall–Kier alpha value is -2.20. The summed E-state index contributed by atoms with van der Waals surface area (Å²) in [6.07, 6.45) is 0. The van der Waals surface area contributed by atoms with Crippen LogP contribution in [0.1, 0.15) is 5.56 Å². The van der Waals surface area contributed by atoms with Crippen LogP contribution in [0.4, 0.5) is 5.69 Å². The molecule has 0 heterocycles. The van der Waals surface area contributed by atoms with Crippen LogP contribution in [0.25, 0.3) is 0 Å².